The van der Waals surface area contributed by atoms with Gasteiger partial charge in [0.15, 0.2) is 0 Å². The molecule has 0 aliphatic carbocycles. The number of aliphatic hydroxyl groups excluding tert-OH is 1. The molecule has 5 heteroatoms. The van der Waals surface area contributed by atoms with Crippen LogP contribution in [0.4, 0.5) is 0 Å². The standard InChI is InChI=1S/C14H12N4O/c15-6-10-13(19)12(18-14(10)16)5-8-7-17-11-4-2-1-3-9(8)11/h1-4,7,12,17,19H,5H2,(H2,16,18). The highest BCUT2D eigenvalue weighted by Crippen LogP contribution is 2.25. The van der Waals surface area contributed by atoms with Crippen molar-refractivity contribution < 1.29 is 5.11 Å². The van der Waals surface area contributed by atoms with E-state index in [9.17, 15) is 5.11 Å². The van der Waals surface area contributed by atoms with Crippen LogP contribution in [0.1, 0.15) is 5.56 Å². The van der Waals surface area contributed by atoms with Crippen LogP contribution in [0, 0.1) is 11.3 Å². The zero-order chi connectivity index (χ0) is 13.4. The summed E-state index contributed by atoms with van der Waals surface area (Å²) >= 11 is 0. The van der Waals surface area contributed by atoms with Gasteiger partial charge in [-0.3, -0.25) is 4.99 Å². The second kappa shape index (κ2) is 4.18. The van der Waals surface area contributed by atoms with Gasteiger partial charge in [0.05, 0.1) is 0 Å². The first kappa shape index (κ1) is 11.4. The van der Waals surface area contributed by atoms with Crippen molar-refractivity contribution in [1.29, 1.82) is 5.26 Å². The van der Waals surface area contributed by atoms with Crippen LogP contribution in [-0.2, 0) is 6.42 Å². The minimum atomic E-state index is -0.464. The molecule has 0 fully saturated rings. The molecule has 0 amide bonds. The number of nitriles is 1. The van der Waals surface area contributed by atoms with Crippen molar-refractivity contribution in [3.8, 4) is 6.07 Å². The molecule has 1 aliphatic rings. The highest BCUT2D eigenvalue weighted by atomic mass is 16.3. The molecule has 2 heterocycles. The Morgan fingerprint density at radius 2 is 2.21 bits per heavy atom. The normalized spacial score (nSPS) is 18.7. The van der Waals surface area contributed by atoms with E-state index in [0.717, 1.165) is 16.5 Å². The van der Waals surface area contributed by atoms with Gasteiger partial charge in [0, 0.05) is 23.5 Å². The third kappa shape index (κ3) is 1.74. The van der Waals surface area contributed by atoms with Crippen LogP contribution in [0.15, 0.2) is 46.8 Å². The Morgan fingerprint density at radius 3 is 2.95 bits per heavy atom. The lowest BCUT2D eigenvalue weighted by atomic mass is 10.0. The Morgan fingerprint density at radius 1 is 1.42 bits per heavy atom. The Balaban J connectivity index is 1.96. The molecular formula is C14H12N4O. The molecule has 94 valence electrons. The average Bonchev–Trinajstić information content (AvgIpc) is 2.93. The number of nitrogens with zero attached hydrogens (tertiary/aromatic N) is 2. The monoisotopic (exact) mass is 252 g/mol. The summed E-state index contributed by atoms with van der Waals surface area (Å²) in [6, 6.07) is 9.33. The minimum Gasteiger partial charge on any atom is -0.508 e. The fourth-order valence-electron chi connectivity index (χ4n) is 2.36. The van der Waals surface area contributed by atoms with Crippen LogP contribution < -0.4 is 5.73 Å². The maximum absolute atomic E-state index is 9.94. The van der Waals surface area contributed by atoms with Crippen molar-refractivity contribution in [2.24, 2.45) is 10.7 Å². The molecule has 0 bridgehead atoms. The zero-order valence-electron chi connectivity index (χ0n) is 10.1. The van der Waals surface area contributed by atoms with Crippen LogP contribution in [0.2, 0.25) is 0 Å². The van der Waals surface area contributed by atoms with Crippen LogP contribution in [0.25, 0.3) is 10.9 Å². The van der Waals surface area contributed by atoms with Crippen molar-refractivity contribution in [2.75, 3.05) is 0 Å². The SMILES string of the molecule is N#CC1=C(O)C(Cc2c[nH]c3ccccc23)N=C1N. The van der Waals surface area contributed by atoms with E-state index in [2.05, 4.69) is 9.98 Å². The van der Waals surface area contributed by atoms with Crippen molar-refractivity contribution in [1.82, 2.24) is 4.98 Å². The Hall–Kier alpha value is -2.74. The molecule has 1 aromatic carbocycles. The van der Waals surface area contributed by atoms with Crippen molar-refractivity contribution in [3.63, 3.8) is 0 Å². The van der Waals surface area contributed by atoms with E-state index in [0.29, 0.717) is 6.42 Å². The van der Waals surface area contributed by atoms with Crippen molar-refractivity contribution >= 4 is 16.7 Å². The number of aliphatic hydroxyl groups is 1. The van der Waals surface area contributed by atoms with Crippen molar-refractivity contribution in [2.45, 2.75) is 12.5 Å². The first-order valence-corrected chi connectivity index (χ1v) is 5.92. The van der Waals surface area contributed by atoms with Gasteiger partial charge in [-0.2, -0.15) is 5.26 Å². The highest BCUT2D eigenvalue weighted by molar-refractivity contribution is 6.03. The van der Waals surface area contributed by atoms with Crippen LogP contribution in [0.5, 0.6) is 0 Å². The summed E-state index contributed by atoms with van der Waals surface area (Å²) in [5.41, 5.74) is 7.78. The van der Waals surface area contributed by atoms with Gasteiger partial charge in [-0.05, 0) is 11.6 Å². The van der Waals surface area contributed by atoms with Crippen molar-refractivity contribution in [3.05, 3.63) is 47.4 Å². The van der Waals surface area contributed by atoms with Gasteiger partial charge in [0.1, 0.15) is 29.3 Å². The van der Waals surface area contributed by atoms with Crippen LogP contribution in [0.3, 0.4) is 0 Å². The maximum atomic E-state index is 9.94. The van der Waals surface area contributed by atoms with E-state index in [4.69, 9.17) is 11.0 Å². The molecule has 3 rings (SSSR count). The number of nitrogens with two attached hydrogens (primary N) is 1. The van der Waals surface area contributed by atoms with Crippen LogP contribution >= 0.6 is 0 Å². The lowest BCUT2D eigenvalue weighted by molar-refractivity contribution is 0.370. The molecule has 0 radical (unpaired) electrons. The van der Waals surface area contributed by atoms with Gasteiger partial charge in [0.25, 0.3) is 0 Å². The number of aromatic nitrogens is 1. The number of benzene rings is 1. The zero-order valence-corrected chi connectivity index (χ0v) is 10.1. The van der Waals surface area contributed by atoms with Gasteiger partial charge >= 0.3 is 0 Å². The molecular weight excluding hydrogens is 240 g/mol. The predicted molar refractivity (Wildman–Crippen MR) is 72.7 cm³/mol. The number of hydrogen-bond acceptors (Lipinski definition) is 4. The smallest absolute Gasteiger partial charge is 0.140 e. The molecule has 1 aliphatic heterocycles. The van der Waals surface area contributed by atoms with Gasteiger partial charge in [-0.1, -0.05) is 18.2 Å². The lowest BCUT2D eigenvalue weighted by Crippen LogP contribution is -2.11. The van der Waals surface area contributed by atoms with Gasteiger partial charge in [-0.25, -0.2) is 0 Å². The summed E-state index contributed by atoms with van der Waals surface area (Å²) in [6.07, 6.45) is 2.41. The van der Waals surface area contributed by atoms with E-state index >= 15 is 0 Å². The molecule has 0 saturated carbocycles. The second-order valence-electron chi connectivity index (χ2n) is 4.47. The summed E-state index contributed by atoms with van der Waals surface area (Å²) < 4.78 is 0. The number of fused-ring (bicyclic) bond motifs is 1. The van der Waals surface area contributed by atoms with E-state index in [1.165, 1.54) is 0 Å². The predicted octanol–water partition coefficient (Wildman–Crippen LogP) is 1.79. The van der Waals surface area contributed by atoms with E-state index in [-0.39, 0.29) is 17.2 Å². The molecule has 2 aromatic rings. The number of nitrogens with one attached hydrogen (secondary N) is 1. The molecule has 0 spiro atoms. The van der Waals surface area contributed by atoms with Gasteiger partial charge in [0.2, 0.25) is 0 Å². The quantitative estimate of drug-likeness (QED) is 0.759. The third-order valence-corrected chi connectivity index (χ3v) is 3.32. The topological polar surface area (TPSA) is 98.2 Å². The molecule has 5 nitrogen and oxygen atoms in total. The number of hydrogen-bond donors (Lipinski definition) is 3. The Bertz CT molecular complexity index is 748. The van der Waals surface area contributed by atoms with Gasteiger partial charge in [-0.15, -0.1) is 0 Å². The Labute approximate surface area is 109 Å². The number of para-hydroxylation sites is 1. The number of aromatic amines is 1. The van der Waals surface area contributed by atoms with Gasteiger partial charge < -0.3 is 15.8 Å². The number of amidine groups is 1. The maximum Gasteiger partial charge on any atom is 0.140 e. The molecule has 1 atom stereocenters. The highest BCUT2D eigenvalue weighted by Gasteiger charge is 2.27. The summed E-state index contributed by atoms with van der Waals surface area (Å²) in [5, 5.41) is 19.9. The number of H-pyrrole nitrogens is 1. The van der Waals surface area contributed by atoms with E-state index in [1.54, 1.807) is 0 Å². The summed E-state index contributed by atoms with van der Waals surface area (Å²) in [6.45, 7) is 0. The first-order chi connectivity index (χ1) is 9.20. The number of rotatable bonds is 2. The molecule has 1 unspecified atom stereocenters. The fraction of sp³-hybridized carbons (Fsp3) is 0.143. The molecule has 0 saturated heterocycles. The first-order valence-electron chi connectivity index (χ1n) is 5.92. The fourth-order valence-corrected chi connectivity index (χ4v) is 2.36. The average molecular weight is 252 g/mol. The molecule has 19 heavy (non-hydrogen) atoms. The van der Waals surface area contributed by atoms with E-state index < -0.39 is 6.04 Å². The van der Waals surface area contributed by atoms with Crippen LogP contribution in [-0.4, -0.2) is 22.0 Å². The second-order valence-corrected chi connectivity index (χ2v) is 4.47. The lowest BCUT2D eigenvalue weighted by Gasteiger charge is -2.06. The summed E-state index contributed by atoms with van der Waals surface area (Å²) in [5.74, 6) is 0.0788. The Kier molecular flexibility index (Phi) is 2.50. The molecule has 1 aromatic heterocycles. The third-order valence-electron chi connectivity index (χ3n) is 3.32. The number of aliphatic imine (C=N–C) groups is 1. The largest absolute Gasteiger partial charge is 0.508 e. The summed E-state index contributed by atoms with van der Waals surface area (Å²) in [7, 11) is 0. The van der Waals surface area contributed by atoms with E-state index in [1.807, 2.05) is 36.5 Å². The minimum absolute atomic E-state index is 0.0368. The summed E-state index contributed by atoms with van der Waals surface area (Å²) in [4.78, 5) is 7.31. The molecule has 4 N–H and O–H groups in total.